The Morgan fingerprint density at radius 2 is 1.10 bits per heavy atom. The second kappa shape index (κ2) is 10.2. The highest BCUT2D eigenvalue weighted by molar-refractivity contribution is 6.66. The van der Waals surface area contributed by atoms with Crippen molar-refractivity contribution in [3.05, 3.63) is 0 Å². The predicted molar refractivity (Wildman–Crippen MR) is 117 cm³/mol. The minimum atomic E-state index is -2.33. The summed E-state index contributed by atoms with van der Waals surface area (Å²) >= 11 is 12.4. The van der Waals surface area contributed by atoms with Crippen LogP contribution in [0.3, 0.4) is 0 Å². The fourth-order valence-corrected chi connectivity index (χ4v) is 5.18. The second-order valence-corrected chi connectivity index (χ2v) is 11.4. The van der Waals surface area contributed by atoms with E-state index in [0.29, 0.717) is 23.7 Å². The molecule has 0 bridgehead atoms. The average Bonchev–Trinajstić information content (AvgIpc) is 2.61. The third kappa shape index (κ3) is 6.26. The third-order valence-corrected chi connectivity index (χ3v) is 7.57. The maximum atomic E-state index is 12.8. The molecule has 0 saturated heterocycles. The van der Waals surface area contributed by atoms with Gasteiger partial charge >= 0.3 is 16.3 Å². The summed E-state index contributed by atoms with van der Waals surface area (Å²) in [7, 11) is 0. The minimum absolute atomic E-state index is 0.250. The van der Waals surface area contributed by atoms with Crippen molar-refractivity contribution in [3.63, 3.8) is 0 Å². The van der Waals surface area contributed by atoms with Gasteiger partial charge in [0.15, 0.2) is 0 Å². The van der Waals surface area contributed by atoms with Crippen molar-refractivity contribution in [2.75, 3.05) is 0 Å². The van der Waals surface area contributed by atoms with E-state index >= 15 is 0 Å². The standard InChI is InChI=1S/C23H38Cl2O4/c1-13(2)17-9-7-15(5)11-19(17)28-21(26)23(24,25)22(27)29-20-12-16(6)8-10-18(20)14(3)4/h13-20H,7-12H2,1-6H3/t15-,16-,17+,18+,19-,20-/m1/s1. The van der Waals surface area contributed by atoms with Crippen LogP contribution < -0.4 is 0 Å². The lowest BCUT2D eigenvalue weighted by Crippen LogP contribution is -2.46. The molecule has 0 unspecified atom stereocenters. The van der Waals surface area contributed by atoms with E-state index in [1.807, 2.05) is 0 Å². The molecule has 0 aromatic carbocycles. The molecule has 0 aromatic heterocycles. The van der Waals surface area contributed by atoms with Crippen LogP contribution >= 0.6 is 23.2 Å². The number of carbonyl (C=O) groups excluding carboxylic acids is 2. The third-order valence-electron chi connectivity index (χ3n) is 6.95. The summed E-state index contributed by atoms with van der Waals surface area (Å²) in [6.07, 6.45) is 5.21. The van der Waals surface area contributed by atoms with Crippen molar-refractivity contribution < 1.29 is 19.1 Å². The fourth-order valence-electron chi connectivity index (χ4n) is 5.01. The van der Waals surface area contributed by atoms with Crippen LogP contribution in [0, 0.1) is 35.5 Å². The molecule has 0 spiro atoms. The molecule has 0 heterocycles. The van der Waals surface area contributed by atoms with Crippen molar-refractivity contribution >= 4 is 35.1 Å². The summed E-state index contributed by atoms with van der Waals surface area (Å²) in [4.78, 5) is 25.6. The molecule has 168 valence electrons. The van der Waals surface area contributed by atoms with Crippen LogP contribution in [0.4, 0.5) is 0 Å². The molecule has 0 aliphatic heterocycles. The van der Waals surface area contributed by atoms with Crippen LogP contribution in [0.15, 0.2) is 0 Å². The predicted octanol–water partition coefficient (Wildman–Crippen LogP) is 6.17. The molecule has 0 amide bonds. The van der Waals surface area contributed by atoms with E-state index in [0.717, 1.165) is 38.5 Å². The zero-order chi connectivity index (χ0) is 21.9. The summed E-state index contributed by atoms with van der Waals surface area (Å²) in [6.45, 7) is 12.8. The molecular weight excluding hydrogens is 411 g/mol. The van der Waals surface area contributed by atoms with Crippen LogP contribution in [0.5, 0.6) is 0 Å². The van der Waals surface area contributed by atoms with Crippen molar-refractivity contribution in [2.45, 2.75) is 96.6 Å². The Morgan fingerprint density at radius 1 is 0.759 bits per heavy atom. The lowest BCUT2D eigenvalue weighted by atomic mass is 9.75. The average molecular weight is 449 g/mol. The topological polar surface area (TPSA) is 52.6 Å². The van der Waals surface area contributed by atoms with Crippen molar-refractivity contribution in [2.24, 2.45) is 35.5 Å². The zero-order valence-electron chi connectivity index (χ0n) is 18.8. The highest BCUT2D eigenvalue weighted by Gasteiger charge is 2.49. The SMILES string of the molecule is CC(C)[C@@H]1CC[C@@H](C)C[C@H]1OC(=O)C(Cl)(Cl)C(=O)O[C@@H]1C[C@H](C)CC[C@H]1C(C)C. The van der Waals surface area contributed by atoms with Gasteiger partial charge in [-0.2, -0.15) is 0 Å². The van der Waals surface area contributed by atoms with Crippen LogP contribution in [-0.4, -0.2) is 28.5 Å². The molecule has 2 rings (SSSR count). The number of ether oxygens (including phenoxy) is 2. The first-order valence-electron chi connectivity index (χ1n) is 11.2. The van der Waals surface area contributed by atoms with Gasteiger partial charge in [-0.05, 0) is 61.2 Å². The Morgan fingerprint density at radius 3 is 1.41 bits per heavy atom. The van der Waals surface area contributed by atoms with E-state index in [-0.39, 0.29) is 24.0 Å². The van der Waals surface area contributed by atoms with E-state index in [9.17, 15) is 9.59 Å². The molecule has 2 aliphatic rings. The van der Waals surface area contributed by atoms with Gasteiger partial charge < -0.3 is 9.47 Å². The summed E-state index contributed by atoms with van der Waals surface area (Å²) in [5, 5.41) is 0. The van der Waals surface area contributed by atoms with E-state index in [4.69, 9.17) is 32.7 Å². The molecule has 6 atom stereocenters. The number of alkyl halides is 2. The highest BCUT2D eigenvalue weighted by atomic mass is 35.5. The van der Waals surface area contributed by atoms with Gasteiger partial charge in [0, 0.05) is 0 Å². The number of rotatable bonds is 6. The molecule has 2 saturated carbocycles. The van der Waals surface area contributed by atoms with Gasteiger partial charge in [0.2, 0.25) is 0 Å². The van der Waals surface area contributed by atoms with E-state index < -0.39 is 16.3 Å². The molecule has 6 heteroatoms. The van der Waals surface area contributed by atoms with Crippen molar-refractivity contribution in [1.29, 1.82) is 0 Å². The number of carbonyl (C=O) groups is 2. The van der Waals surface area contributed by atoms with Gasteiger partial charge in [-0.15, -0.1) is 0 Å². The van der Waals surface area contributed by atoms with E-state index in [1.54, 1.807) is 0 Å². The Hall–Kier alpha value is -0.480. The lowest BCUT2D eigenvalue weighted by Gasteiger charge is -2.38. The van der Waals surface area contributed by atoms with Crippen LogP contribution in [0.2, 0.25) is 0 Å². The molecule has 0 aromatic rings. The Balaban J connectivity index is 2.05. The zero-order valence-corrected chi connectivity index (χ0v) is 20.3. The number of esters is 2. The Kier molecular flexibility index (Phi) is 8.73. The summed E-state index contributed by atoms with van der Waals surface area (Å²) in [6, 6.07) is 0. The quantitative estimate of drug-likeness (QED) is 0.277. The first-order valence-corrected chi connectivity index (χ1v) is 12.0. The van der Waals surface area contributed by atoms with Gasteiger partial charge in [0.1, 0.15) is 12.2 Å². The summed E-state index contributed by atoms with van der Waals surface area (Å²) in [5.41, 5.74) is 0. The van der Waals surface area contributed by atoms with Gasteiger partial charge in [-0.1, -0.05) is 77.6 Å². The molecule has 0 N–H and O–H groups in total. The monoisotopic (exact) mass is 448 g/mol. The summed E-state index contributed by atoms with van der Waals surface area (Å²) in [5.74, 6) is 0.377. The molecule has 2 aliphatic carbocycles. The summed E-state index contributed by atoms with van der Waals surface area (Å²) < 4.78 is 9.08. The van der Waals surface area contributed by atoms with E-state index in [1.165, 1.54) is 0 Å². The Labute approximate surface area is 186 Å². The van der Waals surface area contributed by atoms with Crippen molar-refractivity contribution in [1.82, 2.24) is 0 Å². The van der Waals surface area contributed by atoms with Crippen LogP contribution in [-0.2, 0) is 19.1 Å². The van der Waals surface area contributed by atoms with Crippen LogP contribution in [0.25, 0.3) is 0 Å². The fraction of sp³-hybridized carbons (Fsp3) is 0.913. The van der Waals surface area contributed by atoms with E-state index in [2.05, 4.69) is 41.5 Å². The number of halogens is 2. The minimum Gasteiger partial charge on any atom is -0.459 e. The Bertz CT molecular complexity index is 527. The largest absolute Gasteiger partial charge is 0.459 e. The van der Waals surface area contributed by atoms with Crippen LogP contribution in [0.1, 0.15) is 80.1 Å². The van der Waals surface area contributed by atoms with Crippen molar-refractivity contribution in [3.8, 4) is 0 Å². The number of hydrogen-bond acceptors (Lipinski definition) is 4. The number of hydrogen-bond donors (Lipinski definition) is 0. The van der Waals surface area contributed by atoms with Gasteiger partial charge in [-0.25, -0.2) is 9.59 Å². The molecule has 29 heavy (non-hydrogen) atoms. The normalized spacial score (nSPS) is 33.6. The van der Waals surface area contributed by atoms with Gasteiger partial charge in [-0.3, -0.25) is 0 Å². The molecule has 4 nitrogen and oxygen atoms in total. The highest BCUT2D eigenvalue weighted by Crippen LogP contribution is 2.39. The first-order chi connectivity index (χ1) is 13.4. The second-order valence-electron chi connectivity index (χ2n) is 10.1. The lowest BCUT2D eigenvalue weighted by molar-refractivity contribution is -0.168. The first kappa shape index (κ1) is 24.8. The maximum absolute atomic E-state index is 12.8. The van der Waals surface area contributed by atoms with Gasteiger partial charge in [0.25, 0.3) is 0 Å². The maximum Gasteiger partial charge on any atom is 0.354 e. The molecule has 2 fully saturated rings. The molecule has 0 radical (unpaired) electrons. The smallest absolute Gasteiger partial charge is 0.354 e. The van der Waals surface area contributed by atoms with Gasteiger partial charge in [0.05, 0.1) is 0 Å². The molecular formula is C23H38Cl2O4.